The summed E-state index contributed by atoms with van der Waals surface area (Å²) in [6.07, 6.45) is 0.761. The van der Waals surface area contributed by atoms with E-state index < -0.39 is 10.0 Å². The van der Waals surface area contributed by atoms with E-state index in [1.54, 1.807) is 36.4 Å². The number of fused-ring (bicyclic) bond motifs is 3. The van der Waals surface area contributed by atoms with Crippen LogP contribution < -0.4 is 9.47 Å². The van der Waals surface area contributed by atoms with E-state index in [-0.39, 0.29) is 5.37 Å². The lowest BCUT2D eigenvalue weighted by molar-refractivity contribution is 0.382. The predicted octanol–water partition coefficient (Wildman–Crippen LogP) is 4.71. The normalized spacial score (nSPS) is 17.9. The molecule has 5 rings (SSSR count). The molecule has 1 fully saturated rings. The first-order chi connectivity index (χ1) is 15.0. The average molecular weight is 454 g/mol. The number of hydrogen-bond donors (Lipinski definition) is 0. The standard InChI is InChI=1S/C24H23NO4S2/c1-28-18-7-10-23(29-2)22(15-18)24-25(11-12-30-24)31(26,27)19-8-9-21-17(14-19)13-16-5-3-4-6-20(16)21/h3-10,14-15,24H,11-13H2,1-2H3/t24-/m1/s1. The predicted molar refractivity (Wildman–Crippen MR) is 123 cm³/mol. The Hall–Kier alpha value is -2.48. The first-order valence-electron chi connectivity index (χ1n) is 10.1. The summed E-state index contributed by atoms with van der Waals surface area (Å²) in [5.41, 5.74) is 5.42. The van der Waals surface area contributed by atoms with Gasteiger partial charge in [-0.2, -0.15) is 4.31 Å². The molecule has 3 aromatic rings. The van der Waals surface area contributed by atoms with Crippen LogP contribution in [0.5, 0.6) is 11.5 Å². The minimum atomic E-state index is -3.67. The summed E-state index contributed by atoms with van der Waals surface area (Å²) in [6, 6.07) is 19.3. The maximum Gasteiger partial charge on any atom is 0.244 e. The summed E-state index contributed by atoms with van der Waals surface area (Å²) < 4.78 is 39.9. The SMILES string of the molecule is COc1ccc(OC)c([C@H]2SCCN2S(=O)(=O)c2ccc3c(c2)Cc2ccccc2-3)c1. The highest BCUT2D eigenvalue weighted by Gasteiger charge is 2.39. The van der Waals surface area contributed by atoms with Crippen LogP contribution in [0, 0.1) is 0 Å². The average Bonchev–Trinajstić information content (AvgIpc) is 3.43. The van der Waals surface area contributed by atoms with Crippen molar-refractivity contribution in [2.24, 2.45) is 0 Å². The van der Waals surface area contributed by atoms with Gasteiger partial charge in [0.15, 0.2) is 0 Å². The topological polar surface area (TPSA) is 55.8 Å². The molecule has 7 heteroatoms. The molecular weight excluding hydrogens is 430 g/mol. The molecule has 0 saturated carbocycles. The van der Waals surface area contributed by atoms with E-state index in [0.717, 1.165) is 28.9 Å². The second-order valence-corrected chi connectivity index (χ2v) is 10.7. The molecule has 31 heavy (non-hydrogen) atoms. The number of sulfonamides is 1. The van der Waals surface area contributed by atoms with Gasteiger partial charge in [0.05, 0.1) is 24.5 Å². The summed E-state index contributed by atoms with van der Waals surface area (Å²) in [5.74, 6) is 2.06. The van der Waals surface area contributed by atoms with Gasteiger partial charge in [0.1, 0.15) is 11.5 Å². The lowest BCUT2D eigenvalue weighted by Crippen LogP contribution is -2.30. The van der Waals surface area contributed by atoms with E-state index >= 15 is 0 Å². The van der Waals surface area contributed by atoms with Gasteiger partial charge in [-0.25, -0.2) is 8.42 Å². The molecule has 0 bridgehead atoms. The minimum Gasteiger partial charge on any atom is -0.497 e. The molecule has 5 nitrogen and oxygen atoms in total. The summed E-state index contributed by atoms with van der Waals surface area (Å²) in [7, 11) is -0.473. The molecule has 1 saturated heterocycles. The summed E-state index contributed by atoms with van der Waals surface area (Å²) in [6.45, 7) is 0.454. The molecule has 0 spiro atoms. The van der Waals surface area contributed by atoms with Gasteiger partial charge in [0.25, 0.3) is 0 Å². The van der Waals surface area contributed by atoms with Gasteiger partial charge in [0, 0.05) is 17.9 Å². The third-order valence-electron chi connectivity index (χ3n) is 5.92. The number of rotatable bonds is 5. The molecule has 0 radical (unpaired) electrons. The molecule has 1 aliphatic carbocycles. The van der Waals surface area contributed by atoms with E-state index in [0.29, 0.717) is 22.9 Å². The van der Waals surface area contributed by atoms with Crippen molar-refractivity contribution < 1.29 is 17.9 Å². The van der Waals surface area contributed by atoms with Crippen molar-refractivity contribution in [3.05, 3.63) is 77.4 Å². The van der Waals surface area contributed by atoms with E-state index in [1.807, 2.05) is 42.5 Å². The lowest BCUT2D eigenvalue weighted by atomic mass is 10.1. The Kier molecular flexibility index (Phi) is 5.20. The van der Waals surface area contributed by atoms with Gasteiger partial charge in [-0.3, -0.25) is 0 Å². The molecule has 3 aromatic carbocycles. The van der Waals surface area contributed by atoms with Crippen molar-refractivity contribution in [3.8, 4) is 22.6 Å². The Morgan fingerprint density at radius 1 is 0.935 bits per heavy atom. The van der Waals surface area contributed by atoms with Crippen LogP contribution in [0.2, 0.25) is 0 Å². The van der Waals surface area contributed by atoms with Gasteiger partial charge in [-0.05, 0) is 59.0 Å². The zero-order valence-electron chi connectivity index (χ0n) is 17.4. The van der Waals surface area contributed by atoms with Crippen molar-refractivity contribution in [3.63, 3.8) is 0 Å². The number of hydrogen-bond acceptors (Lipinski definition) is 5. The van der Waals surface area contributed by atoms with Crippen LogP contribution in [-0.4, -0.2) is 39.2 Å². The molecule has 1 heterocycles. The van der Waals surface area contributed by atoms with Crippen molar-refractivity contribution in [2.75, 3.05) is 26.5 Å². The van der Waals surface area contributed by atoms with Gasteiger partial charge in [0.2, 0.25) is 10.0 Å². The Balaban J connectivity index is 1.52. The highest BCUT2D eigenvalue weighted by atomic mass is 32.2. The van der Waals surface area contributed by atoms with E-state index in [9.17, 15) is 8.42 Å². The number of thioether (sulfide) groups is 1. The second kappa shape index (κ2) is 7.89. The molecular formula is C24H23NO4S2. The number of nitrogens with zero attached hydrogens (tertiary/aromatic N) is 1. The van der Waals surface area contributed by atoms with Crippen LogP contribution in [-0.2, 0) is 16.4 Å². The van der Waals surface area contributed by atoms with Gasteiger partial charge < -0.3 is 9.47 Å². The van der Waals surface area contributed by atoms with Crippen LogP contribution >= 0.6 is 11.8 Å². The first kappa shape index (κ1) is 20.4. The van der Waals surface area contributed by atoms with Crippen LogP contribution in [0.25, 0.3) is 11.1 Å². The number of ether oxygens (including phenoxy) is 2. The minimum absolute atomic E-state index is 0.341. The largest absolute Gasteiger partial charge is 0.497 e. The molecule has 1 atom stereocenters. The van der Waals surface area contributed by atoms with E-state index in [1.165, 1.54) is 11.1 Å². The molecule has 2 aliphatic rings. The fraction of sp³-hybridized carbons (Fsp3) is 0.250. The Labute approximate surface area is 187 Å². The Bertz CT molecular complexity index is 1260. The third kappa shape index (κ3) is 3.41. The Morgan fingerprint density at radius 3 is 2.55 bits per heavy atom. The first-order valence-corrected chi connectivity index (χ1v) is 12.6. The van der Waals surface area contributed by atoms with Gasteiger partial charge in [-0.15, -0.1) is 11.8 Å². The zero-order chi connectivity index (χ0) is 21.6. The van der Waals surface area contributed by atoms with Crippen LogP contribution in [0.3, 0.4) is 0 Å². The van der Waals surface area contributed by atoms with Crippen LogP contribution in [0.15, 0.2) is 65.6 Å². The quantitative estimate of drug-likeness (QED) is 0.438. The number of methoxy groups -OCH3 is 2. The number of benzene rings is 3. The smallest absolute Gasteiger partial charge is 0.244 e. The van der Waals surface area contributed by atoms with E-state index in [4.69, 9.17) is 9.47 Å². The molecule has 0 amide bonds. The highest BCUT2D eigenvalue weighted by Crippen LogP contribution is 2.46. The van der Waals surface area contributed by atoms with Crippen molar-refractivity contribution >= 4 is 21.8 Å². The van der Waals surface area contributed by atoms with Gasteiger partial charge >= 0.3 is 0 Å². The molecule has 0 aromatic heterocycles. The maximum atomic E-state index is 13.7. The summed E-state index contributed by atoms with van der Waals surface area (Å²) in [4.78, 5) is 0.341. The third-order valence-corrected chi connectivity index (χ3v) is 9.16. The zero-order valence-corrected chi connectivity index (χ0v) is 19.0. The molecule has 0 unspecified atom stereocenters. The molecule has 1 aliphatic heterocycles. The molecule has 0 N–H and O–H groups in total. The highest BCUT2D eigenvalue weighted by molar-refractivity contribution is 8.01. The van der Waals surface area contributed by atoms with Crippen molar-refractivity contribution in [1.82, 2.24) is 4.31 Å². The fourth-order valence-corrected chi connectivity index (χ4v) is 7.69. The van der Waals surface area contributed by atoms with Crippen LogP contribution in [0.1, 0.15) is 22.1 Å². The summed E-state index contributed by atoms with van der Waals surface area (Å²) in [5, 5.41) is -0.361. The lowest BCUT2D eigenvalue weighted by Gasteiger charge is -2.25. The van der Waals surface area contributed by atoms with E-state index in [2.05, 4.69) is 12.1 Å². The molecule has 160 valence electrons. The second-order valence-electron chi connectivity index (χ2n) is 7.60. The Morgan fingerprint density at radius 2 is 1.74 bits per heavy atom. The van der Waals surface area contributed by atoms with Gasteiger partial charge in [-0.1, -0.05) is 30.3 Å². The maximum absolute atomic E-state index is 13.7. The summed E-state index contributed by atoms with van der Waals surface area (Å²) >= 11 is 1.60. The van der Waals surface area contributed by atoms with Crippen molar-refractivity contribution in [2.45, 2.75) is 16.7 Å². The van der Waals surface area contributed by atoms with Crippen LogP contribution in [0.4, 0.5) is 0 Å². The monoisotopic (exact) mass is 453 g/mol. The van der Waals surface area contributed by atoms with Crippen molar-refractivity contribution in [1.29, 1.82) is 0 Å². The fourth-order valence-electron chi connectivity index (χ4n) is 4.40.